The number of ether oxygens (including phenoxy) is 2. The lowest BCUT2D eigenvalue weighted by Crippen LogP contribution is -2.44. The van der Waals surface area contributed by atoms with Crippen molar-refractivity contribution in [2.24, 2.45) is 0 Å². The zero-order chi connectivity index (χ0) is 16.8. The van der Waals surface area contributed by atoms with Crippen molar-refractivity contribution in [2.45, 2.75) is 31.0 Å². The summed E-state index contributed by atoms with van der Waals surface area (Å²) in [4.78, 5) is 12.2. The van der Waals surface area contributed by atoms with E-state index >= 15 is 0 Å². The van der Waals surface area contributed by atoms with Gasteiger partial charge in [-0.3, -0.25) is 9.98 Å². The number of rotatable bonds is 3. The van der Waals surface area contributed by atoms with Crippen LogP contribution < -0.4 is 0 Å². The number of aliphatic hydroxyl groups is 3. The van der Waals surface area contributed by atoms with Crippen molar-refractivity contribution >= 4 is 17.1 Å². The van der Waals surface area contributed by atoms with E-state index in [0.29, 0.717) is 11.2 Å². The number of hydrogen-bond donors (Lipinski definition) is 4. The Morgan fingerprint density at radius 3 is 2.83 bits per heavy atom. The highest BCUT2D eigenvalue weighted by atomic mass is 16.6. The van der Waals surface area contributed by atoms with Crippen LogP contribution in [-0.4, -0.2) is 72.3 Å². The Bertz CT molecular complexity index is 745. The Balaban J connectivity index is 2.10. The summed E-state index contributed by atoms with van der Waals surface area (Å²) < 4.78 is 11.8. The van der Waals surface area contributed by atoms with Crippen LogP contribution in [0, 0.1) is 5.41 Å². The molecule has 124 valence electrons. The summed E-state index contributed by atoms with van der Waals surface area (Å²) >= 11 is 0. The fourth-order valence-corrected chi connectivity index (χ4v) is 2.68. The molecule has 3 rings (SSSR count). The van der Waals surface area contributed by atoms with E-state index < -0.39 is 30.6 Å². The molecule has 10 nitrogen and oxygen atoms in total. The molecule has 4 N–H and O–H groups in total. The lowest BCUT2D eigenvalue weighted by molar-refractivity contribution is -0.0950. The first-order valence-corrected chi connectivity index (χ1v) is 6.89. The third kappa shape index (κ3) is 2.27. The molecule has 1 fully saturated rings. The number of fused-ring (bicyclic) bond motifs is 1. The van der Waals surface area contributed by atoms with Gasteiger partial charge in [-0.1, -0.05) is 0 Å². The van der Waals surface area contributed by atoms with E-state index in [9.17, 15) is 15.3 Å². The van der Waals surface area contributed by atoms with Gasteiger partial charge in [-0.05, 0) is 6.92 Å². The largest absolute Gasteiger partial charge is 0.480 e. The molecule has 2 aromatic rings. The zero-order valence-electron chi connectivity index (χ0n) is 12.5. The molecule has 0 spiro atoms. The first-order chi connectivity index (χ1) is 10.9. The minimum absolute atomic E-state index is 0.171. The van der Waals surface area contributed by atoms with Crippen LogP contribution in [0.3, 0.4) is 0 Å². The summed E-state index contributed by atoms with van der Waals surface area (Å²) in [5.74, 6) is -0.171. The fraction of sp³-hybridized carbons (Fsp3) is 0.538. The number of aromatic nitrogens is 4. The van der Waals surface area contributed by atoms with E-state index in [2.05, 4.69) is 15.0 Å². The molecule has 10 heteroatoms. The van der Waals surface area contributed by atoms with Gasteiger partial charge in [0.1, 0.15) is 29.7 Å². The van der Waals surface area contributed by atoms with Gasteiger partial charge >= 0.3 is 0 Å². The van der Waals surface area contributed by atoms with Gasteiger partial charge in [-0.15, -0.1) is 0 Å². The maximum atomic E-state index is 10.5. The van der Waals surface area contributed by atoms with Crippen LogP contribution in [0.2, 0.25) is 0 Å². The van der Waals surface area contributed by atoms with Gasteiger partial charge in [0.15, 0.2) is 17.6 Å². The molecule has 1 aliphatic heterocycles. The van der Waals surface area contributed by atoms with Gasteiger partial charge in [-0.25, -0.2) is 15.0 Å². The molecule has 0 amide bonds. The molecule has 0 aromatic carbocycles. The zero-order valence-corrected chi connectivity index (χ0v) is 12.5. The SMILES string of the molecule is COC(=N)c1ncnc2c1ncn2[C@@H]1O[C@H](CO)[C@@H](O)[C@@]1(C)O. The second kappa shape index (κ2) is 5.49. The first-order valence-electron chi connectivity index (χ1n) is 6.89. The fourth-order valence-electron chi connectivity index (χ4n) is 2.68. The summed E-state index contributed by atoms with van der Waals surface area (Å²) in [5.41, 5.74) is -0.831. The first kappa shape index (κ1) is 15.7. The molecule has 0 bridgehead atoms. The van der Waals surface area contributed by atoms with E-state index in [1.807, 2.05) is 0 Å². The molecular formula is C13H17N5O5. The molecule has 23 heavy (non-hydrogen) atoms. The molecule has 2 aromatic heterocycles. The maximum absolute atomic E-state index is 10.5. The van der Waals surface area contributed by atoms with Crippen molar-refractivity contribution in [3.05, 3.63) is 18.3 Å². The number of nitrogens with one attached hydrogen (secondary N) is 1. The Morgan fingerprint density at radius 2 is 2.22 bits per heavy atom. The normalized spacial score (nSPS) is 30.7. The van der Waals surface area contributed by atoms with Crippen LogP contribution in [0.1, 0.15) is 18.8 Å². The molecule has 0 radical (unpaired) electrons. The molecule has 1 aliphatic rings. The highest BCUT2D eigenvalue weighted by Gasteiger charge is 2.53. The van der Waals surface area contributed by atoms with Gasteiger partial charge < -0.3 is 24.8 Å². The minimum Gasteiger partial charge on any atom is -0.480 e. The van der Waals surface area contributed by atoms with E-state index in [1.54, 1.807) is 0 Å². The van der Waals surface area contributed by atoms with E-state index in [0.717, 1.165) is 0 Å². The van der Waals surface area contributed by atoms with Crippen molar-refractivity contribution in [3.8, 4) is 0 Å². The quantitative estimate of drug-likeness (QED) is 0.407. The van der Waals surface area contributed by atoms with E-state index in [-0.39, 0.29) is 11.6 Å². The average Bonchev–Trinajstić information content (AvgIpc) is 3.06. The van der Waals surface area contributed by atoms with Gasteiger partial charge in [0.25, 0.3) is 0 Å². The molecule has 1 saturated heterocycles. The second-order valence-electron chi connectivity index (χ2n) is 5.46. The topological polar surface area (TPSA) is 147 Å². The lowest BCUT2D eigenvalue weighted by Gasteiger charge is -2.27. The molecular weight excluding hydrogens is 306 g/mol. The van der Waals surface area contributed by atoms with Gasteiger partial charge in [0, 0.05) is 0 Å². The molecule has 0 unspecified atom stereocenters. The number of methoxy groups -OCH3 is 1. The van der Waals surface area contributed by atoms with Crippen molar-refractivity contribution in [3.63, 3.8) is 0 Å². The second-order valence-corrected chi connectivity index (χ2v) is 5.46. The van der Waals surface area contributed by atoms with Crippen molar-refractivity contribution in [1.29, 1.82) is 5.41 Å². The maximum Gasteiger partial charge on any atom is 0.234 e. The summed E-state index contributed by atoms with van der Waals surface area (Å²) in [6.45, 7) is 0.970. The third-order valence-electron chi connectivity index (χ3n) is 3.97. The van der Waals surface area contributed by atoms with E-state index in [1.165, 1.54) is 31.3 Å². The Kier molecular flexibility index (Phi) is 3.76. The summed E-state index contributed by atoms with van der Waals surface area (Å²) in [5, 5.41) is 37.6. The monoisotopic (exact) mass is 323 g/mol. The van der Waals surface area contributed by atoms with Crippen molar-refractivity contribution < 1.29 is 24.8 Å². The van der Waals surface area contributed by atoms with Crippen LogP contribution in [0.15, 0.2) is 12.7 Å². The van der Waals surface area contributed by atoms with E-state index in [4.69, 9.17) is 14.9 Å². The van der Waals surface area contributed by atoms with Crippen molar-refractivity contribution in [1.82, 2.24) is 19.5 Å². The molecule has 4 atom stereocenters. The Morgan fingerprint density at radius 1 is 1.48 bits per heavy atom. The molecule has 0 aliphatic carbocycles. The van der Waals surface area contributed by atoms with Crippen LogP contribution in [0.5, 0.6) is 0 Å². The summed E-state index contributed by atoms with van der Waals surface area (Å²) in [7, 11) is 1.35. The smallest absolute Gasteiger partial charge is 0.234 e. The molecule has 3 heterocycles. The average molecular weight is 323 g/mol. The minimum atomic E-state index is -1.65. The van der Waals surface area contributed by atoms with Crippen LogP contribution in [-0.2, 0) is 9.47 Å². The Labute approximate surface area is 130 Å². The van der Waals surface area contributed by atoms with Crippen LogP contribution >= 0.6 is 0 Å². The van der Waals surface area contributed by atoms with Gasteiger partial charge in [0.2, 0.25) is 5.90 Å². The number of imidazole rings is 1. The number of nitrogens with zero attached hydrogens (tertiary/aromatic N) is 4. The summed E-state index contributed by atoms with van der Waals surface area (Å²) in [6.07, 6.45) is -0.580. The third-order valence-corrected chi connectivity index (χ3v) is 3.97. The highest BCUT2D eigenvalue weighted by molar-refractivity contribution is 6.00. The van der Waals surface area contributed by atoms with Crippen LogP contribution in [0.25, 0.3) is 11.2 Å². The number of hydrogen-bond acceptors (Lipinski definition) is 9. The Hall–Kier alpha value is -2.14. The predicted octanol–water partition coefficient (Wildman–Crippen LogP) is -1.20. The van der Waals surface area contributed by atoms with Gasteiger partial charge in [0.05, 0.1) is 20.0 Å². The van der Waals surface area contributed by atoms with Gasteiger partial charge in [-0.2, -0.15) is 0 Å². The van der Waals surface area contributed by atoms with Crippen LogP contribution in [0.4, 0.5) is 0 Å². The lowest BCUT2D eigenvalue weighted by atomic mass is 9.96. The molecule has 0 saturated carbocycles. The standard InChI is InChI=1S/C13H17N5O5/c1-13(21)9(20)6(3-19)23-12(13)18-5-17-8-7(10(14)22-2)15-4-16-11(8)18/h4-6,9,12,14,19-21H,3H2,1-2H3/t6-,9-,12-,13-/m1/s1. The predicted molar refractivity (Wildman–Crippen MR) is 76.8 cm³/mol. The van der Waals surface area contributed by atoms with Crippen molar-refractivity contribution in [2.75, 3.05) is 13.7 Å². The highest BCUT2D eigenvalue weighted by Crippen LogP contribution is 2.39. The number of aliphatic hydroxyl groups excluding tert-OH is 2. The summed E-state index contributed by atoms with van der Waals surface area (Å²) in [6, 6.07) is 0.